The summed E-state index contributed by atoms with van der Waals surface area (Å²) < 4.78 is 0. The highest BCUT2D eigenvalue weighted by molar-refractivity contribution is 5.61. The molecule has 0 bridgehead atoms. The van der Waals surface area contributed by atoms with Crippen LogP contribution in [0.25, 0.3) is 0 Å². The van der Waals surface area contributed by atoms with Gasteiger partial charge in [-0.3, -0.25) is 10.3 Å². The van der Waals surface area contributed by atoms with E-state index in [9.17, 15) is 0 Å². The summed E-state index contributed by atoms with van der Waals surface area (Å²) in [6, 6.07) is 0. The molecule has 2 nitrogen and oxygen atoms in total. The second-order valence-electron chi connectivity index (χ2n) is 3.82. The van der Waals surface area contributed by atoms with Gasteiger partial charge in [-0.2, -0.15) is 0 Å². The summed E-state index contributed by atoms with van der Waals surface area (Å²) in [5.74, 6) is 0. The van der Waals surface area contributed by atoms with Crippen molar-refractivity contribution in [1.82, 2.24) is 5.32 Å². The molecule has 80 valence electrons. The van der Waals surface area contributed by atoms with Gasteiger partial charge < -0.3 is 0 Å². The number of hydrogen-bond donors (Lipinski definition) is 1. The summed E-state index contributed by atoms with van der Waals surface area (Å²) in [5.41, 5.74) is 0. The van der Waals surface area contributed by atoms with Gasteiger partial charge in [-0.1, -0.05) is 25.0 Å². The van der Waals surface area contributed by atoms with Crippen LogP contribution in [-0.4, -0.2) is 18.9 Å². The van der Waals surface area contributed by atoms with Crippen LogP contribution in [0.3, 0.4) is 0 Å². The van der Waals surface area contributed by atoms with Crippen LogP contribution in [0.1, 0.15) is 45.4 Å². The highest BCUT2D eigenvalue weighted by Crippen LogP contribution is 2.09. The summed E-state index contributed by atoms with van der Waals surface area (Å²) in [7, 11) is 0. The van der Waals surface area contributed by atoms with Crippen molar-refractivity contribution in [3.63, 3.8) is 0 Å². The Labute approximate surface area is 87.5 Å². The second-order valence-corrected chi connectivity index (χ2v) is 3.82. The van der Waals surface area contributed by atoms with Crippen LogP contribution >= 0.6 is 0 Å². The summed E-state index contributed by atoms with van der Waals surface area (Å²) in [6.45, 7) is 3.05. The van der Waals surface area contributed by atoms with E-state index in [1.807, 2.05) is 6.21 Å². The second kappa shape index (κ2) is 7.74. The lowest BCUT2D eigenvalue weighted by Gasteiger charge is -2.06. The first-order chi connectivity index (χ1) is 6.93. The van der Waals surface area contributed by atoms with Gasteiger partial charge in [-0.15, -0.1) is 0 Å². The number of allylic oxidation sites excluding steroid dienone is 2. The Morgan fingerprint density at radius 3 is 2.93 bits per heavy atom. The molecule has 0 amide bonds. The van der Waals surface area contributed by atoms with Gasteiger partial charge >= 0.3 is 0 Å². The minimum atomic E-state index is 0.422. The zero-order chi connectivity index (χ0) is 10.1. The number of unbranched alkanes of at least 4 members (excludes halogenated alkanes) is 4. The highest BCUT2D eigenvalue weighted by Gasteiger charge is 2.07. The number of rotatable bonds is 7. The molecule has 0 spiro atoms. The van der Waals surface area contributed by atoms with Crippen LogP contribution in [-0.2, 0) is 0 Å². The molecule has 0 saturated heterocycles. The van der Waals surface area contributed by atoms with Crippen LogP contribution in [0, 0.1) is 0 Å². The topological polar surface area (TPSA) is 24.4 Å². The van der Waals surface area contributed by atoms with E-state index in [1.54, 1.807) is 0 Å². The van der Waals surface area contributed by atoms with E-state index < -0.39 is 0 Å². The van der Waals surface area contributed by atoms with Gasteiger partial charge in [0, 0.05) is 12.8 Å². The lowest BCUT2D eigenvalue weighted by atomic mass is 10.1. The fourth-order valence-corrected chi connectivity index (χ4v) is 1.72. The van der Waals surface area contributed by atoms with Crippen molar-refractivity contribution in [2.45, 2.75) is 51.6 Å². The summed E-state index contributed by atoms with van der Waals surface area (Å²) in [4.78, 5) is 4.34. The maximum Gasteiger partial charge on any atom is 0.0993 e. The van der Waals surface area contributed by atoms with Gasteiger partial charge in [0.05, 0.1) is 6.17 Å². The van der Waals surface area contributed by atoms with E-state index in [0.717, 1.165) is 6.54 Å². The molecule has 1 rings (SSSR count). The molecule has 0 aromatic heterocycles. The number of nitrogens with zero attached hydrogens (tertiary/aromatic N) is 1. The van der Waals surface area contributed by atoms with E-state index in [0.29, 0.717) is 6.17 Å². The number of hydrogen-bond acceptors (Lipinski definition) is 2. The Hall–Kier alpha value is -0.630. The third kappa shape index (κ3) is 5.18. The van der Waals surface area contributed by atoms with Gasteiger partial charge in [0.15, 0.2) is 0 Å². The molecule has 1 N–H and O–H groups in total. The molecule has 0 radical (unpaired) electrons. The lowest BCUT2D eigenvalue weighted by molar-refractivity contribution is 0.510. The third-order valence-electron chi connectivity index (χ3n) is 2.56. The van der Waals surface area contributed by atoms with Crippen molar-refractivity contribution in [2.24, 2.45) is 4.99 Å². The van der Waals surface area contributed by atoms with Crippen molar-refractivity contribution in [3.05, 3.63) is 12.2 Å². The Balaban J connectivity index is 1.82. The molecule has 14 heavy (non-hydrogen) atoms. The van der Waals surface area contributed by atoms with Gasteiger partial charge in [-0.25, -0.2) is 0 Å². The molecule has 1 aliphatic rings. The molecule has 0 aliphatic carbocycles. The van der Waals surface area contributed by atoms with Crippen molar-refractivity contribution in [1.29, 1.82) is 0 Å². The monoisotopic (exact) mass is 194 g/mol. The van der Waals surface area contributed by atoms with Gasteiger partial charge in [0.1, 0.15) is 0 Å². The SMILES string of the molecule is C/C=C/CCCCCCC1N=CCN1. The molecule has 1 unspecified atom stereocenters. The molecule has 0 fully saturated rings. The molecule has 1 aliphatic heterocycles. The number of aliphatic imine (C=N–C) groups is 1. The average Bonchev–Trinajstić information content (AvgIpc) is 2.69. The molecule has 0 aromatic carbocycles. The summed E-state index contributed by atoms with van der Waals surface area (Å²) in [6.07, 6.45) is 14.6. The first-order valence-corrected chi connectivity index (χ1v) is 5.79. The predicted molar refractivity (Wildman–Crippen MR) is 62.8 cm³/mol. The Morgan fingerprint density at radius 2 is 2.21 bits per heavy atom. The first kappa shape index (κ1) is 11.4. The fraction of sp³-hybridized carbons (Fsp3) is 0.750. The zero-order valence-electron chi connectivity index (χ0n) is 9.21. The van der Waals surface area contributed by atoms with E-state index in [2.05, 4.69) is 29.4 Å². The maximum atomic E-state index is 4.34. The van der Waals surface area contributed by atoms with Crippen molar-refractivity contribution in [3.8, 4) is 0 Å². The van der Waals surface area contributed by atoms with E-state index in [4.69, 9.17) is 0 Å². The van der Waals surface area contributed by atoms with Gasteiger partial charge in [0.25, 0.3) is 0 Å². The zero-order valence-corrected chi connectivity index (χ0v) is 9.21. The van der Waals surface area contributed by atoms with Crippen LogP contribution in [0.15, 0.2) is 17.1 Å². The fourth-order valence-electron chi connectivity index (χ4n) is 1.72. The maximum absolute atomic E-state index is 4.34. The van der Waals surface area contributed by atoms with E-state index in [-0.39, 0.29) is 0 Å². The summed E-state index contributed by atoms with van der Waals surface area (Å²) in [5, 5.41) is 3.33. The molecule has 1 atom stereocenters. The van der Waals surface area contributed by atoms with Crippen LogP contribution in [0.5, 0.6) is 0 Å². The van der Waals surface area contributed by atoms with Crippen LogP contribution in [0.2, 0.25) is 0 Å². The largest absolute Gasteiger partial charge is 0.291 e. The minimum Gasteiger partial charge on any atom is -0.291 e. The standard InChI is InChI=1S/C12H22N2/c1-2-3-4-5-6-7-8-9-12-13-10-11-14-12/h2-3,10,12,14H,4-9,11H2,1H3/b3-2+. The Morgan fingerprint density at radius 1 is 1.36 bits per heavy atom. The quantitative estimate of drug-likeness (QED) is 0.489. The smallest absolute Gasteiger partial charge is 0.0993 e. The summed E-state index contributed by atoms with van der Waals surface area (Å²) >= 11 is 0. The molecule has 0 saturated carbocycles. The minimum absolute atomic E-state index is 0.422. The normalized spacial score (nSPS) is 21.1. The average molecular weight is 194 g/mol. The van der Waals surface area contributed by atoms with Crippen molar-refractivity contribution < 1.29 is 0 Å². The molecular formula is C12H22N2. The third-order valence-corrected chi connectivity index (χ3v) is 2.56. The van der Waals surface area contributed by atoms with E-state index >= 15 is 0 Å². The van der Waals surface area contributed by atoms with Crippen molar-refractivity contribution >= 4 is 6.21 Å². The molecule has 1 heterocycles. The Kier molecular flexibility index (Phi) is 6.33. The first-order valence-electron chi connectivity index (χ1n) is 5.79. The molecule has 0 aromatic rings. The van der Waals surface area contributed by atoms with Gasteiger partial charge in [-0.05, 0) is 32.6 Å². The highest BCUT2D eigenvalue weighted by atomic mass is 15.1. The molecule has 2 heteroatoms. The predicted octanol–water partition coefficient (Wildman–Crippen LogP) is 2.90. The number of nitrogens with one attached hydrogen (secondary N) is 1. The Bertz CT molecular complexity index is 185. The van der Waals surface area contributed by atoms with Crippen LogP contribution < -0.4 is 5.32 Å². The van der Waals surface area contributed by atoms with Crippen molar-refractivity contribution in [2.75, 3.05) is 6.54 Å². The molecular weight excluding hydrogens is 172 g/mol. The van der Waals surface area contributed by atoms with Gasteiger partial charge in [0.2, 0.25) is 0 Å². The lowest BCUT2D eigenvalue weighted by Crippen LogP contribution is -2.21. The van der Waals surface area contributed by atoms with Crippen LogP contribution in [0.4, 0.5) is 0 Å². The van der Waals surface area contributed by atoms with E-state index in [1.165, 1.54) is 38.5 Å².